The van der Waals surface area contributed by atoms with Gasteiger partial charge in [-0.25, -0.2) is 13.5 Å². The van der Waals surface area contributed by atoms with Crippen molar-refractivity contribution in [2.45, 2.75) is 32.7 Å². The van der Waals surface area contributed by atoms with E-state index in [2.05, 4.69) is 22.4 Å². The molecule has 0 spiro atoms. The van der Waals surface area contributed by atoms with Crippen molar-refractivity contribution in [1.29, 1.82) is 0 Å². The molecule has 0 bridgehead atoms. The van der Waals surface area contributed by atoms with E-state index in [-0.39, 0.29) is 11.3 Å². The van der Waals surface area contributed by atoms with Crippen LogP contribution in [0.5, 0.6) is 0 Å². The molecule has 0 saturated heterocycles. The molecule has 112 valence electrons. The fourth-order valence-electron chi connectivity index (χ4n) is 2.97. The lowest BCUT2D eigenvalue weighted by molar-refractivity contribution is 0.345. The molecular weight excluding hydrogens is 276 g/mol. The van der Waals surface area contributed by atoms with Gasteiger partial charge in [-0.3, -0.25) is 0 Å². The highest BCUT2D eigenvalue weighted by molar-refractivity contribution is 5.62. The summed E-state index contributed by atoms with van der Waals surface area (Å²) >= 11 is 0. The summed E-state index contributed by atoms with van der Waals surface area (Å²) in [4.78, 5) is 0. The Morgan fingerprint density at radius 1 is 1.29 bits per heavy atom. The maximum atomic E-state index is 14.0. The Kier molecular flexibility index (Phi) is 3.57. The van der Waals surface area contributed by atoms with E-state index < -0.39 is 11.6 Å². The number of aromatic nitrogens is 4. The van der Waals surface area contributed by atoms with Crippen LogP contribution >= 0.6 is 0 Å². The third kappa shape index (κ3) is 2.59. The minimum Gasteiger partial charge on any atom is -0.396 e. The molecule has 1 aromatic heterocycles. The lowest BCUT2D eigenvalue weighted by atomic mass is 9.98. The van der Waals surface area contributed by atoms with Crippen LogP contribution in [0.15, 0.2) is 12.1 Å². The van der Waals surface area contributed by atoms with Crippen LogP contribution in [0.4, 0.5) is 14.5 Å². The van der Waals surface area contributed by atoms with Crippen LogP contribution in [-0.2, 0) is 6.54 Å². The first-order chi connectivity index (χ1) is 10.1. The minimum atomic E-state index is -0.778. The van der Waals surface area contributed by atoms with E-state index in [4.69, 9.17) is 5.73 Å². The topological polar surface area (TPSA) is 69.6 Å². The number of hydrogen-bond donors (Lipinski definition) is 1. The molecule has 7 heteroatoms. The van der Waals surface area contributed by atoms with Crippen molar-refractivity contribution in [3.05, 3.63) is 23.8 Å². The SMILES string of the molecule is CC1CCCC1Cn1nnnc1-c1cc(N)c(F)cc1F. The first kappa shape index (κ1) is 13.9. The molecule has 21 heavy (non-hydrogen) atoms. The number of nitrogens with two attached hydrogens (primary N) is 1. The molecular formula is C14H17F2N5. The summed E-state index contributed by atoms with van der Waals surface area (Å²) in [6, 6.07) is 2.01. The van der Waals surface area contributed by atoms with Crippen molar-refractivity contribution in [2.24, 2.45) is 11.8 Å². The summed E-state index contributed by atoms with van der Waals surface area (Å²) in [6.45, 7) is 2.85. The third-order valence-corrected chi connectivity index (χ3v) is 4.31. The number of nitrogen functional groups attached to an aromatic ring is 1. The molecule has 0 aliphatic heterocycles. The summed E-state index contributed by atoms with van der Waals surface area (Å²) in [5, 5.41) is 11.4. The predicted octanol–water partition coefficient (Wildman–Crippen LogP) is 2.64. The van der Waals surface area contributed by atoms with Gasteiger partial charge in [0.05, 0.1) is 11.3 Å². The monoisotopic (exact) mass is 293 g/mol. The molecule has 1 saturated carbocycles. The smallest absolute Gasteiger partial charge is 0.185 e. The normalized spacial score (nSPS) is 21.9. The van der Waals surface area contributed by atoms with Gasteiger partial charge in [-0.15, -0.1) is 5.10 Å². The van der Waals surface area contributed by atoms with Gasteiger partial charge in [0.25, 0.3) is 0 Å². The third-order valence-electron chi connectivity index (χ3n) is 4.31. The van der Waals surface area contributed by atoms with Gasteiger partial charge < -0.3 is 5.73 Å². The van der Waals surface area contributed by atoms with E-state index in [1.165, 1.54) is 18.9 Å². The zero-order valence-electron chi connectivity index (χ0n) is 11.8. The maximum absolute atomic E-state index is 14.0. The van der Waals surface area contributed by atoms with Crippen LogP contribution in [0, 0.1) is 23.5 Å². The lowest BCUT2D eigenvalue weighted by Gasteiger charge is -2.15. The second-order valence-corrected chi connectivity index (χ2v) is 5.71. The first-order valence-electron chi connectivity index (χ1n) is 7.07. The zero-order valence-corrected chi connectivity index (χ0v) is 11.8. The molecule has 2 N–H and O–H groups in total. The number of anilines is 1. The van der Waals surface area contributed by atoms with Crippen LogP contribution in [0.2, 0.25) is 0 Å². The van der Waals surface area contributed by atoms with Gasteiger partial charge in [-0.2, -0.15) is 0 Å². The van der Waals surface area contributed by atoms with E-state index in [9.17, 15) is 8.78 Å². The van der Waals surface area contributed by atoms with Crippen molar-refractivity contribution < 1.29 is 8.78 Å². The summed E-state index contributed by atoms with van der Waals surface area (Å²) < 4.78 is 28.8. The van der Waals surface area contributed by atoms with Gasteiger partial charge >= 0.3 is 0 Å². The van der Waals surface area contributed by atoms with Gasteiger partial charge in [-0.05, 0) is 34.7 Å². The average molecular weight is 293 g/mol. The molecule has 1 aliphatic carbocycles. The predicted molar refractivity (Wildman–Crippen MR) is 74.1 cm³/mol. The largest absolute Gasteiger partial charge is 0.396 e. The molecule has 2 unspecified atom stereocenters. The Bertz CT molecular complexity index is 655. The molecule has 5 nitrogen and oxygen atoms in total. The van der Waals surface area contributed by atoms with Gasteiger partial charge in [0.15, 0.2) is 5.82 Å². The fraction of sp³-hybridized carbons (Fsp3) is 0.500. The van der Waals surface area contributed by atoms with Crippen molar-refractivity contribution in [3.8, 4) is 11.4 Å². The van der Waals surface area contributed by atoms with Gasteiger partial charge in [-0.1, -0.05) is 19.8 Å². The molecule has 1 fully saturated rings. The summed E-state index contributed by atoms with van der Waals surface area (Å²) in [6.07, 6.45) is 3.51. The Morgan fingerprint density at radius 3 is 2.81 bits per heavy atom. The number of nitrogens with zero attached hydrogens (tertiary/aromatic N) is 4. The summed E-state index contributed by atoms with van der Waals surface area (Å²) in [5.41, 5.74) is 5.53. The maximum Gasteiger partial charge on any atom is 0.185 e. The molecule has 3 rings (SSSR count). The van der Waals surface area contributed by atoms with E-state index in [1.807, 2.05) is 0 Å². The minimum absolute atomic E-state index is 0.116. The molecule has 1 aromatic carbocycles. The molecule has 1 aliphatic rings. The van der Waals surface area contributed by atoms with Crippen molar-refractivity contribution in [2.75, 3.05) is 5.73 Å². The molecule has 0 amide bonds. The Morgan fingerprint density at radius 2 is 2.10 bits per heavy atom. The Hall–Kier alpha value is -2.05. The number of tetrazole rings is 1. The van der Waals surface area contributed by atoms with Crippen molar-refractivity contribution in [3.63, 3.8) is 0 Å². The fourth-order valence-corrected chi connectivity index (χ4v) is 2.97. The standard InChI is InChI=1S/C14H17F2N5/c1-8-3-2-4-9(8)7-21-14(18-19-20-21)10-5-13(17)12(16)6-11(10)15/h5-6,8-9H,2-4,7,17H2,1H3. The second-order valence-electron chi connectivity index (χ2n) is 5.71. The molecule has 2 aromatic rings. The molecule has 2 atom stereocenters. The zero-order chi connectivity index (χ0) is 15.0. The number of rotatable bonds is 3. The highest BCUT2D eigenvalue weighted by atomic mass is 19.1. The van der Waals surface area contributed by atoms with Crippen molar-refractivity contribution in [1.82, 2.24) is 20.2 Å². The van der Waals surface area contributed by atoms with Crippen molar-refractivity contribution >= 4 is 5.69 Å². The number of benzene rings is 1. The highest BCUT2D eigenvalue weighted by Gasteiger charge is 2.26. The number of halogens is 2. The van der Waals surface area contributed by atoms with Crippen LogP contribution in [0.25, 0.3) is 11.4 Å². The highest BCUT2D eigenvalue weighted by Crippen LogP contribution is 2.33. The molecule has 1 heterocycles. The van der Waals surface area contributed by atoms with E-state index >= 15 is 0 Å². The quantitative estimate of drug-likeness (QED) is 0.883. The first-order valence-corrected chi connectivity index (χ1v) is 7.07. The van der Waals surface area contributed by atoms with E-state index in [1.54, 1.807) is 4.68 Å². The second kappa shape index (κ2) is 5.38. The van der Waals surface area contributed by atoms with E-state index in [0.717, 1.165) is 12.5 Å². The van der Waals surface area contributed by atoms with Gasteiger partial charge in [0.2, 0.25) is 0 Å². The summed E-state index contributed by atoms with van der Waals surface area (Å²) in [7, 11) is 0. The Labute approximate surface area is 121 Å². The van der Waals surface area contributed by atoms with Crippen LogP contribution < -0.4 is 5.73 Å². The van der Waals surface area contributed by atoms with Crippen LogP contribution in [0.3, 0.4) is 0 Å². The Balaban J connectivity index is 1.93. The summed E-state index contributed by atoms with van der Waals surface area (Å²) in [5.74, 6) is -0.117. The van der Waals surface area contributed by atoms with Gasteiger partial charge in [0.1, 0.15) is 11.6 Å². The van der Waals surface area contributed by atoms with Gasteiger partial charge in [0, 0.05) is 12.6 Å². The number of hydrogen-bond acceptors (Lipinski definition) is 4. The molecule has 0 radical (unpaired) electrons. The lowest BCUT2D eigenvalue weighted by Crippen LogP contribution is -2.15. The van der Waals surface area contributed by atoms with E-state index in [0.29, 0.717) is 24.2 Å². The van der Waals surface area contributed by atoms with Crippen LogP contribution in [0.1, 0.15) is 26.2 Å². The average Bonchev–Trinajstić information content (AvgIpc) is 3.05. The van der Waals surface area contributed by atoms with Crippen LogP contribution in [-0.4, -0.2) is 20.2 Å².